The third-order valence-electron chi connectivity index (χ3n) is 3.46. The number of rotatable bonds is 4. The molecule has 2 rings (SSSR count). The van der Waals surface area contributed by atoms with Gasteiger partial charge in [0.1, 0.15) is 5.82 Å². The molecule has 0 radical (unpaired) electrons. The number of amides is 1. The molecule has 21 heavy (non-hydrogen) atoms. The molecule has 1 aliphatic heterocycles. The normalized spacial score (nSPS) is 17.1. The molecule has 0 aliphatic carbocycles. The van der Waals surface area contributed by atoms with Crippen LogP contribution >= 0.6 is 11.6 Å². The molecule has 0 saturated carbocycles. The van der Waals surface area contributed by atoms with Gasteiger partial charge < -0.3 is 10.2 Å². The topological polar surface area (TPSA) is 77.5 Å². The third-order valence-corrected chi connectivity index (χ3v) is 3.75. The number of carbonyl (C=O) groups excluding carboxylic acids is 1. The highest BCUT2D eigenvalue weighted by atomic mass is 35.5. The fraction of sp³-hybridized carbons (Fsp3) is 0.429. The van der Waals surface area contributed by atoms with Gasteiger partial charge in [0.2, 0.25) is 0 Å². The monoisotopic (exact) mass is 310 g/mol. The Morgan fingerprint density at radius 3 is 2.86 bits per heavy atom. The number of carbonyl (C=O) groups is 1. The maximum Gasteiger partial charge on any atom is 0.267 e. The lowest BCUT2D eigenvalue weighted by Crippen LogP contribution is -2.36. The summed E-state index contributed by atoms with van der Waals surface area (Å²) in [6, 6.07) is 2.11. The first-order chi connectivity index (χ1) is 10.1. The Labute approximate surface area is 128 Å². The number of likely N-dealkylation sites (tertiary alicyclic amines) is 1. The van der Waals surface area contributed by atoms with Gasteiger partial charge in [0.25, 0.3) is 5.91 Å². The third kappa shape index (κ3) is 4.70. The smallest absolute Gasteiger partial charge is 0.267 e. The van der Waals surface area contributed by atoms with Crippen LogP contribution < -0.4 is 10.8 Å². The van der Waals surface area contributed by atoms with Crippen LogP contribution in [0.2, 0.25) is 5.02 Å². The number of piperidine rings is 1. The zero-order valence-electron chi connectivity index (χ0n) is 11.8. The number of nitrogens with zero attached hydrogens (tertiary/aromatic N) is 2. The number of pyridine rings is 1. The standard InChI is InChI=1S/C14H19ClN4O2/c1-19-6-4-11(5-7-19)17-14-12(15)8-10(9-16-14)2-3-13(20)18-21/h2-3,8-9,11,21H,4-7H2,1H3,(H,16,17)(H,18,20). The van der Waals surface area contributed by atoms with E-state index in [1.54, 1.807) is 12.3 Å². The summed E-state index contributed by atoms with van der Waals surface area (Å²) in [6.45, 7) is 2.12. The van der Waals surface area contributed by atoms with E-state index in [2.05, 4.69) is 22.2 Å². The largest absolute Gasteiger partial charge is 0.366 e. The molecule has 6 nitrogen and oxygen atoms in total. The summed E-state index contributed by atoms with van der Waals surface area (Å²) < 4.78 is 0. The van der Waals surface area contributed by atoms with Gasteiger partial charge in [0.15, 0.2) is 0 Å². The number of aromatic nitrogens is 1. The highest BCUT2D eigenvalue weighted by Crippen LogP contribution is 2.23. The average Bonchev–Trinajstić information content (AvgIpc) is 2.49. The summed E-state index contributed by atoms with van der Waals surface area (Å²) >= 11 is 6.21. The maximum atomic E-state index is 10.9. The minimum Gasteiger partial charge on any atom is -0.366 e. The van der Waals surface area contributed by atoms with Crippen LogP contribution in [0.25, 0.3) is 6.08 Å². The minimum absolute atomic E-state index is 0.382. The first-order valence-corrected chi connectivity index (χ1v) is 7.19. The van der Waals surface area contributed by atoms with Gasteiger partial charge in [0, 0.05) is 18.3 Å². The minimum atomic E-state index is -0.598. The van der Waals surface area contributed by atoms with Crippen LogP contribution in [0.4, 0.5) is 5.82 Å². The number of nitrogens with one attached hydrogen (secondary N) is 2. The van der Waals surface area contributed by atoms with E-state index in [9.17, 15) is 4.79 Å². The molecule has 0 spiro atoms. The Kier molecular flexibility index (Phi) is 5.55. The Hall–Kier alpha value is -1.63. The first-order valence-electron chi connectivity index (χ1n) is 6.81. The fourth-order valence-corrected chi connectivity index (χ4v) is 2.43. The number of halogens is 1. The Bertz CT molecular complexity index is 528. The van der Waals surface area contributed by atoms with E-state index in [0.29, 0.717) is 22.4 Å². The predicted octanol–water partition coefficient (Wildman–Crippen LogP) is 1.76. The molecular weight excluding hydrogens is 292 g/mol. The zero-order valence-corrected chi connectivity index (χ0v) is 12.6. The van der Waals surface area contributed by atoms with Crippen molar-refractivity contribution < 1.29 is 10.0 Å². The van der Waals surface area contributed by atoms with Crippen molar-refractivity contribution in [2.75, 3.05) is 25.5 Å². The van der Waals surface area contributed by atoms with Gasteiger partial charge >= 0.3 is 0 Å². The van der Waals surface area contributed by atoms with Crippen molar-refractivity contribution >= 4 is 29.4 Å². The van der Waals surface area contributed by atoms with Crippen LogP contribution in [0.3, 0.4) is 0 Å². The molecule has 1 saturated heterocycles. The number of hydroxylamine groups is 1. The average molecular weight is 311 g/mol. The quantitative estimate of drug-likeness (QED) is 0.449. The molecule has 2 heterocycles. The van der Waals surface area contributed by atoms with Crippen LogP contribution in [-0.2, 0) is 4.79 Å². The van der Waals surface area contributed by atoms with Crippen molar-refractivity contribution in [1.82, 2.24) is 15.4 Å². The maximum absolute atomic E-state index is 10.9. The molecular formula is C14H19ClN4O2. The Morgan fingerprint density at radius 2 is 2.24 bits per heavy atom. The summed E-state index contributed by atoms with van der Waals surface area (Å²) in [4.78, 5) is 17.5. The van der Waals surface area contributed by atoms with Crippen molar-refractivity contribution in [2.45, 2.75) is 18.9 Å². The molecule has 0 bridgehead atoms. The molecule has 1 aromatic rings. The van der Waals surface area contributed by atoms with E-state index in [4.69, 9.17) is 16.8 Å². The van der Waals surface area contributed by atoms with Gasteiger partial charge in [-0.3, -0.25) is 10.0 Å². The number of hydrogen-bond donors (Lipinski definition) is 3. The predicted molar refractivity (Wildman–Crippen MR) is 82.4 cm³/mol. The van der Waals surface area contributed by atoms with Crippen LogP contribution in [-0.4, -0.2) is 47.2 Å². The zero-order chi connectivity index (χ0) is 15.2. The van der Waals surface area contributed by atoms with E-state index >= 15 is 0 Å². The summed E-state index contributed by atoms with van der Waals surface area (Å²) in [5.74, 6) is 0.0645. The van der Waals surface area contributed by atoms with Crippen LogP contribution in [0, 0.1) is 0 Å². The van der Waals surface area contributed by atoms with Gasteiger partial charge in [-0.05, 0) is 50.7 Å². The van der Waals surface area contributed by atoms with Gasteiger partial charge in [-0.15, -0.1) is 0 Å². The van der Waals surface area contributed by atoms with E-state index in [0.717, 1.165) is 25.9 Å². The van der Waals surface area contributed by atoms with E-state index in [-0.39, 0.29) is 0 Å². The van der Waals surface area contributed by atoms with Crippen molar-refractivity contribution in [1.29, 1.82) is 0 Å². The number of hydrogen-bond acceptors (Lipinski definition) is 5. The lowest BCUT2D eigenvalue weighted by atomic mass is 10.1. The second-order valence-corrected chi connectivity index (χ2v) is 5.54. The molecule has 7 heteroatoms. The van der Waals surface area contributed by atoms with Gasteiger partial charge in [-0.2, -0.15) is 0 Å². The molecule has 0 aromatic carbocycles. The van der Waals surface area contributed by atoms with Gasteiger partial charge in [0.05, 0.1) is 5.02 Å². The van der Waals surface area contributed by atoms with Crippen LogP contribution in [0.5, 0.6) is 0 Å². The highest BCUT2D eigenvalue weighted by molar-refractivity contribution is 6.33. The molecule has 1 aromatic heterocycles. The Morgan fingerprint density at radius 1 is 1.52 bits per heavy atom. The Balaban J connectivity index is 1.99. The summed E-state index contributed by atoms with van der Waals surface area (Å²) in [5.41, 5.74) is 2.22. The molecule has 114 valence electrons. The van der Waals surface area contributed by atoms with E-state index < -0.39 is 5.91 Å². The summed E-state index contributed by atoms with van der Waals surface area (Å²) in [5, 5.41) is 12.3. The van der Waals surface area contributed by atoms with E-state index in [1.165, 1.54) is 17.6 Å². The summed E-state index contributed by atoms with van der Waals surface area (Å²) in [6.07, 6.45) is 6.49. The first kappa shape index (κ1) is 15.8. The SMILES string of the molecule is CN1CCC(Nc2ncc(C=CC(=O)NO)cc2Cl)CC1. The van der Waals surface area contributed by atoms with Gasteiger partial charge in [-0.1, -0.05) is 11.6 Å². The molecule has 0 atom stereocenters. The van der Waals surface area contributed by atoms with Crippen molar-refractivity contribution in [3.05, 3.63) is 28.9 Å². The highest BCUT2D eigenvalue weighted by Gasteiger charge is 2.17. The van der Waals surface area contributed by atoms with E-state index in [1.807, 2.05) is 0 Å². The molecule has 3 N–H and O–H groups in total. The van der Waals surface area contributed by atoms with Crippen LogP contribution in [0.1, 0.15) is 18.4 Å². The second-order valence-electron chi connectivity index (χ2n) is 5.13. The van der Waals surface area contributed by atoms with Crippen molar-refractivity contribution in [3.63, 3.8) is 0 Å². The summed E-state index contributed by atoms with van der Waals surface area (Å²) in [7, 11) is 2.12. The fourth-order valence-electron chi connectivity index (χ4n) is 2.21. The lowest BCUT2D eigenvalue weighted by molar-refractivity contribution is -0.124. The van der Waals surface area contributed by atoms with Gasteiger partial charge in [-0.25, -0.2) is 10.5 Å². The van der Waals surface area contributed by atoms with Crippen LogP contribution in [0.15, 0.2) is 18.3 Å². The number of anilines is 1. The van der Waals surface area contributed by atoms with Crippen molar-refractivity contribution in [3.8, 4) is 0 Å². The second kappa shape index (κ2) is 7.40. The van der Waals surface area contributed by atoms with Crippen molar-refractivity contribution in [2.24, 2.45) is 0 Å². The molecule has 1 fully saturated rings. The lowest BCUT2D eigenvalue weighted by Gasteiger charge is -2.30. The molecule has 1 aliphatic rings. The molecule has 0 unspecified atom stereocenters. The molecule has 1 amide bonds.